The standard InChI is InChI=1S/C19H22N2O4S/c1-9-2-5-12-13(8-26-14(12)6-9)17(22)20-21-18(23)15-10-3-4-11(7-10)16(15)19(24)25/h3-4,8-11,15-16H,2,5-7H2,1H3,(H,20,22)(H,21,23)(H,24,25)/t9-,10-,11+,15+,16+/m1/s1. The van der Waals surface area contributed by atoms with Gasteiger partial charge in [-0.3, -0.25) is 25.2 Å². The van der Waals surface area contributed by atoms with Crippen LogP contribution in [-0.2, 0) is 22.4 Å². The third-order valence-electron chi connectivity index (χ3n) is 5.99. The van der Waals surface area contributed by atoms with Crippen LogP contribution in [0, 0.1) is 29.6 Å². The number of carboxylic acid groups (broad SMARTS) is 1. The first-order chi connectivity index (χ1) is 12.5. The second-order valence-electron chi connectivity index (χ2n) is 7.68. The van der Waals surface area contributed by atoms with Crippen molar-refractivity contribution >= 4 is 29.1 Å². The van der Waals surface area contributed by atoms with Gasteiger partial charge in [0.2, 0.25) is 5.91 Å². The van der Waals surface area contributed by atoms with Crippen LogP contribution in [0.4, 0.5) is 0 Å². The fraction of sp³-hybridized carbons (Fsp3) is 0.526. The second kappa shape index (κ2) is 6.54. The van der Waals surface area contributed by atoms with Crippen molar-refractivity contribution in [2.45, 2.75) is 32.6 Å². The second-order valence-corrected chi connectivity index (χ2v) is 8.64. The molecule has 7 heteroatoms. The maximum absolute atomic E-state index is 12.5. The van der Waals surface area contributed by atoms with E-state index in [2.05, 4.69) is 17.8 Å². The van der Waals surface area contributed by atoms with Crippen LogP contribution in [-0.4, -0.2) is 22.9 Å². The first kappa shape index (κ1) is 17.3. The number of rotatable bonds is 3. The zero-order valence-corrected chi connectivity index (χ0v) is 15.3. The molecule has 0 radical (unpaired) electrons. The van der Waals surface area contributed by atoms with Gasteiger partial charge < -0.3 is 5.11 Å². The average molecular weight is 374 g/mol. The number of hydrogen-bond acceptors (Lipinski definition) is 4. The number of hydrazine groups is 1. The maximum atomic E-state index is 12.5. The van der Waals surface area contributed by atoms with Gasteiger partial charge in [-0.05, 0) is 49.0 Å². The quantitative estimate of drug-likeness (QED) is 0.558. The molecule has 0 saturated heterocycles. The summed E-state index contributed by atoms with van der Waals surface area (Å²) in [4.78, 5) is 37.8. The summed E-state index contributed by atoms with van der Waals surface area (Å²) < 4.78 is 0. The van der Waals surface area contributed by atoms with Crippen LogP contribution in [0.2, 0.25) is 0 Å². The molecule has 138 valence electrons. The van der Waals surface area contributed by atoms with Gasteiger partial charge in [-0.2, -0.15) is 0 Å². The molecule has 3 aliphatic carbocycles. The van der Waals surface area contributed by atoms with Crippen molar-refractivity contribution in [2.24, 2.45) is 29.6 Å². The van der Waals surface area contributed by atoms with Crippen LogP contribution < -0.4 is 10.9 Å². The zero-order chi connectivity index (χ0) is 18.4. The highest BCUT2D eigenvalue weighted by Gasteiger charge is 2.51. The number of nitrogens with one attached hydrogen (secondary N) is 2. The molecule has 3 N–H and O–H groups in total. The minimum Gasteiger partial charge on any atom is -0.481 e. The lowest BCUT2D eigenvalue weighted by Gasteiger charge is -2.24. The predicted octanol–water partition coefficient (Wildman–Crippen LogP) is 2.16. The van der Waals surface area contributed by atoms with Gasteiger partial charge in [0.25, 0.3) is 5.91 Å². The highest BCUT2D eigenvalue weighted by Crippen LogP contribution is 2.48. The van der Waals surface area contributed by atoms with Crippen molar-refractivity contribution < 1.29 is 19.5 Å². The largest absolute Gasteiger partial charge is 0.481 e. The average Bonchev–Trinajstić information content (AvgIpc) is 3.32. The van der Waals surface area contributed by atoms with Crippen molar-refractivity contribution in [3.63, 3.8) is 0 Å². The number of aliphatic carboxylic acids is 1. The van der Waals surface area contributed by atoms with Gasteiger partial charge in [-0.25, -0.2) is 0 Å². The highest BCUT2D eigenvalue weighted by molar-refractivity contribution is 7.10. The van der Waals surface area contributed by atoms with E-state index in [4.69, 9.17) is 0 Å². The molecule has 1 aromatic heterocycles. The van der Waals surface area contributed by atoms with Crippen LogP contribution in [0.1, 0.15) is 40.6 Å². The lowest BCUT2D eigenvalue weighted by Crippen LogP contribution is -2.48. The first-order valence-corrected chi connectivity index (χ1v) is 9.94. The summed E-state index contributed by atoms with van der Waals surface area (Å²) >= 11 is 1.60. The minimum atomic E-state index is -0.950. The Hall–Kier alpha value is -2.15. The van der Waals surface area contributed by atoms with Crippen LogP contribution >= 0.6 is 11.3 Å². The van der Waals surface area contributed by atoms with E-state index in [0.29, 0.717) is 17.9 Å². The fourth-order valence-electron chi connectivity index (χ4n) is 4.65. The fourth-order valence-corrected chi connectivity index (χ4v) is 5.90. The van der Waals surface area contributed by atoms with Gasteiger partial charge in [-0.1, -0.05) is 19.1 Å². The summed E-state index contributed by atoms with van der Waals surface area (Å²) in [5.41, 5.74) is 6.67. The molecule has 1 saturated carbocycles. The molecule has 1 aromatic rings. The number of carboxylic acids is 1. The van der Waals surface area contributed by atoms with Gasteiger partial charge in [0.15, 0.2) is 0 Å². The molecule has 2 bridgehead atoms. The molecule has 2 amide bonds. The lowest BCUT2D eigenvalue weighted by atomic mass is 9.82. The molecule has 3 aliphatic rings. The van der Waals surface area contributed by atoms with Gasteiger partial charge in [0, 0.05) is 10.3 Å². The summed E-state index contributed by atoms with van der Waals surface area (Å²) in [6.45, 7) is 2.21. The summed E-state index contributed by atoms with van der Waals surface area (Å²) in [7, 11) is 0. The molecule has 0 unspecified atom stereocenters. The monoisotopic (exact) mass is 374 g/mol. The van der Waals surface area contributed by atoms with E-state index >= 15 is 0 Å². The van der Waals surface area contributed by atoms with Gasteiger partial charge >= 0.3 is 5.97 Å². The van der Waals surface area contributed by atoms with Crippen molar-refractivity contribution in [3.8, 4) is 0 Å². The molecule has 26 heavy (non-hydrogen) atoms. The van der Waals surface area contributed by atoms with E-state index in [1.807, 2.05) is 17.5 Å². The molecule has 0 spiro atoms. The van der Waals surface area contributed by atoms with Crippen LogP contribution in [0.15, 0.2) is 17.5 Å². The predicted molar refractivity (Wildman–Crippen MR) is 96.5 cm³/mol. The number of fused-ring (bicyclic) bond motifs is 3. The highest BCUT2D eigenvalue weighted by atomic mass is 32.1. The van der Waals surface area contributed by atoms with E-state index in [-0.39, 0.29) is 17.7 Å². The van der Waals surface area contributed by atoms with Crippen LogP contribution in [0.5, 0.6) is 0 Å². The molecule has 0 aliphatic heterocycles. The zero-order valence-electron chi connectivity index (χ0n) is 14.5. The van der Waals surface area contributed by atoms with Gasteiger partial charge in [0.1, 0.15) is 0 Å². The molecular formula is C19H22N2O4S. The van der Waals surface area contributed by atoms with E-state index in [0.717, 1.165) is 24.8 Å². The molecular weight excluding hydrogens is 352 g/mol. The maximum Gasteiger partial charge on any atom is 0.307 e. The Labute approximate surface area is 155 Å². The Morgan fingerprint density at radius 3 is 2.62 bits per heavy atom. The third kappa shape index (κ3) is 2.84. The number of carbonyl (C=O) groups excluding carboxylic acids is 2. The molecule has 5 atom stereocenters. The Morgan fingerprint density at radius 2 is 1.88 bits per heavy atom. The third-order valence-corrected chi connectivity index (χ3v) is 7.04. The molecule has 1 fully saturated rings. The Morgan fingerprint density at radius 1 is 1.15 bits per heavy atom. The number of hydrogen-bond donors (Lipinski definition) is 3. The van der Waals surface area contributed by atoms with Crippen LogP contribution in [0.3, 0.4) is 0 Å². The van der Waals surface area contributed by atoms with E-state index in [1.165, 1.54) is 4.88 Å². The number of thiophene rings is 1. The van der Waals surface area contributed by atoms with Gasteiger partial charge in [-0.15, -0.1) is 11.3 Å². The topological polar surface area (TPSA) is 95.5 Å². The van der Waals surface area contributed by atoms with Crippen LogP contribution in [0.25, 0.3) is 0 Å². The lowest BCUT2D eigenvalue weighted by molar-refractivity contribution is -0.148. The molecule has 6 nitrogen and oxygen atoms in total. The SMILES string of the molecule is C[C@@H]1CCc2c(C(=O)NNC(=O)[C@@H]3[C@@H](C(=O)O)[C@H]4C=C[C@@H]3C4)csc2C1. The van der Waals surface area contributed by atoms with Gasteiger partial charge in [0.05, 0.1) is 17.4 Å². The Kier molecular flexibility index (Phi) is 4.34. The summed E-state index contributed by atoms with van der Waals surface area (Å²) in [6.07, 6.45) is 7.46. The number of allylic oxidation sites excluding steroid dienone is 2. The summed E-state index contributed by atoms with van der Waals surface area (Å²) in [5.74, 6) is -2.54. The minimum absolute atomic E-state index is 0.0617. The Bertz CT molecular complexity index is 799. The molecule has 4 rings (SSSR count). The van der Waals surface area contributed by atoms with Crippen molar-refractivity contribution in [1.82, 2.24) is 10.9 Å². The summed E-state index contributed by atoms with van der Waals surface area (Å²) in [5, 5.41) is 11.3. The van der Waals surface area contributed by atoms with Crippen molar-refractivity contribution in [2.75, 3.05) is 0 Å². The number of carbonyl (C=O) groups is 3. The van der Waals surface area contributed by atoms with Crippen molar-refractivity contribution in [1.29, 1.82) is 0 Å². The van der Waals surface area contributed by atoms with E-state index < -0.39 is 23.7 Å². The number of amides is 2. The summed E-state index contributed by atoms with van der Waals surface area (Å²) in [6, 6.07) is 0. The van der Waals surface area contributed by atoms with E-state index in [1.54, 1.807) is 11.3 Å². The normalized spacial score (nSPS) is 31.5. The Balaban J connectivity index is 1.41. The molecule has 0 aromatic carbocycles. The van der Waals surface area contributed by atoms with Crippen molar-refractivity contribution in [3.05, 3.63) is 33.5 Å². The smallest absolute Gasteiger partial charge is 0.307 e. The molecule has 1 heterocycles. The first-order valence-electron chi connectivity index (χ1n) is 9.06. The van der Waals surface area contributed by atoms with E-state index in [9.17, 15) is 19.5 Å².